The first-order chi connectivity index (χ1) is 5.83. The highest BCUT2D eigenvalue weighted by molar-refractivity contribution is 5.23. The molecule has 1 heterocycles. The normalized spacial score (nSPS) is 16.0. The number of terminal acetylenes is 1. The van der Waals surface area contributed by atoms with Gasteiger partial charge in [-0.1, -0.05) is 5.92 Å². The number of hydrogen-bond acceptors (Lipinski definition) is 1. The SMILES string of the molecule is C#CCn1n[c]c(C)c1C1CC1. The van der Waals surface area contributed by atoms with Gasteiger partial charge in [-0.2, -0.15) is 5.10 Å². The summed E-state index contributed by atoms with van der Waals surface area (Å²) in [6.07, 6.45) is 10.8. The fraction of sp³-hybridized carbons (Fsp3) is 0.500. The van der Waals surface area contributed by atoms with Crippen LogP contribution >= 0.6 is 0 Å². The smallest absolute Gasteiger partial charge is 0.116 e. The number of aryl methyl sites for hydroxylation is 1. The van der Waals surface area contributed by atoms with Gasteiger partial charge in [0.15, 0.2) is 0 Å². The third kappa shape index (κ3) is 1.12. The minimum absolute atomic E-state index is 0.580. The Kier molecular flexibility index (Phi) is 1.65. The Morgan fingerprint density at radius 3 is 3.08 bits per heavy atom. The molecule has 0 N–H and O–H groups in total. The third-order valence-electron chi connectivity index (χ3n) is 2.21. The highest BCUT2D eigenvalue weighted by Gasteiger charge is 2.28. The molecule has 1 saturated carbocycles. The molecule has 0 atom stereocenters. The molecule has 2 nitrogen and oxygen atoms in total. The molecule has 1 fully saturated rings. The van der Waals surface area contributed by atoms with Crippen LogP contribution in [0.5, 0.6) is 0 Å². The summed E-state index contributed by atoms with van der Waals surface area (Å²) in [5.74, 6) is 3.31. The number of aromatic nitrogens is 2. The van der Waals surface area contributed by atoms with Crippen LogP contribution in [0, 0.1) is 25.5 Å². The summed E-state index contributed by atoms with van der Waals surface area (Å²) < 4.78 is 1.90. The summed E-state index contributed by atoms with van der Waals surface area (Å²) in [4.78, 5) is 0. The molecule has 0 amide bonds. The molecule has 0 aliphatic heterocycles. The summed E-state index contributed by atoms with van der Waals surface area (Å²) in [7, 11) is 0. The number of nitrogens with zero attached hydrogens (tertiary/aromatic N) is 2. The van der Waals surface area contributed by atoms with Crippen molar-refractivity contribution in [2.45, 2.75) is 32.2 Å². The van der Waals surface area contributed by atoms with Crippen molar-refractivity contribution in [3.05, 3.63) is 17.5 Å². The van der Waals surface area contributed by atoms with E-state index in [1.807, 2.05) is 11.6 Å². The second kappa shape index (κ2) is 2.67. The van der Waals surface area contributed by atoms with Gasteiger partial charge in [-0.15, -0.1) is 6.42 Å². The quantitative estimate of drug-likeness (QED) is 0.598. The van der Waals surface area contributed by atoms with E-state index in [0.717, 1.165) is 5.56 Å². The molecule has 0 saturated heterocycles. The Balaban J connectivity index is 2.34. The van der Waals surface area contributed by atoms with Crippen LogP contribution in [0.2, 0.25) is 0 Å². The summed E-state index contributed by atoms with van der Waals surface area (Å²) >= 11 is 0. The molecule has 2 heteroatoms. The van der Waals surface area contributed by atoms with Crippen LogP contribution in [0.4, 0.5) is 0 Å². The van der Waals surface area contributed by atoms with Crippen molar-refractivity contribution in [2.24, 2.45) is 0 Å². The molecule has 0 aromatic carbocycles. The summed E-state index contributed by atoms with van der Waals surface area (Å²) in [6, 6.07) is 0. The molecule has 0 spiro atoms. The predicted octanol–water partition coefficient (Wildman–Crippen LogP) is 1.50. The molecular formula is C10H11N2. The Labute approximate surface area is 72.6 Å². The standard InChI is InChI=1S/C10H11N2/c1-3-6-12-10(9-4-5-9)8(2)7-11-12/h1,9H,4-6H2,2H3. The van der Waals surface area contributed by atoms with E-state index in [-0.39, 0.29) is 0 Å². The van der Waals surface area contributed by atoms with Crippen molar-refractivity contribution in [1.82, 2.24) is 9.78 Å². The van der Waals surface area contributed by atoms with Gasteiger partial charge >= 0.3 is 0 Å². The second-order valence-corrected chi connectivity index (χ2v) is 3.26. The van der Waals surface area contributed by atoms with Crippen LogP contribution in [0.25, 0.3) is 0 Å². The van der Waals surface area contributed by atoms with Gasteiger partial charge in [-0.05, 0) is 19.8 Å². The lowest BCUT2D eigenvalue weighted by Crippen LogP contribution is -2.02. The van der Waals surface area contributed by atoms with Crippen LogP contribution in [-0.2, 0) is 6.54 Å². The van der Waals surface area contributed by atoms with E-state index in [1.165, 1.54) is 18.5 Å². The highest BCUT2D eigenvalue weighted by atomic mass is 15.3. The molecule has 0 bridgehead atoms. The minimum Gasteiger partial charge on any atom is -0.256 e. The topological polar surface area (TPSA) is 17.8 Å². The van der Waals surface area contributed by atoms with Crippen molar-refractivity contribution in [3.8, 4) is 12.3 Å². The molecule has 1 aliphatic rings. The molecule has 2 rings (SSSR count). The average molecular weight is 159 g/mol. The van der Waals surface area contributed by atoms with E-state index >= 15 is 0 Å². The number of hydrogen-bond donors (Lipinski definition) is 0. The molecule has 0 unspecified atom stereocenters. The fourth-order valence-corrected chi connectivity index (χ4v) is 1.52. The minimum atomic E-state index is 0.580. The molecule has 12 heavy (non-hydrogen) atoms. The zero-order valence-corrected chi connectivity index (χ0v) is 7.17. The summed E-state index contributed by atoms with van der Waals surface area (Å²) in [6.45, 7) is 2.63. The van der Waals surface area contributed by atoms with Gasteiger partial charge in [0.1, 0.15) is 12.7 Å². The maximum Gasteiger partial charge on any atom is 0.116 e. The lowest BCUT2D eigenvalue weighted by molar-refractivity contribution is 0.667. The van der Waals surface area contributed by atoms with Crippen LogP contribution in [0.1, 0.15) is 30.0 Å². The third-order valence-corrected chi connectivity index (χ3v) is 2.21. The van der Waals surface area contributed by atoms with Crippen LogP contribution in [0.15, 0.2) is 0 Å². The average Bonchev–Trinajstić information content (AvgIpc) is 2.80. The fourth-order valence-electron chi connectivity index (χ4n) is 1.52. The Bertz CT molecular complexity index is 326. The van der Waals surface area contributed by atoms with E-state index in [4.69, 9.17) is 6.42 Å². The lowest BCUT2D eigenvalue weighted by Gasteiger charge is -2.02. The van der Waals surface area contributed by atoms with Gasteiger partial charge in [0.05, 0.1) is 0 Å². The zero-order valence-electron chi connectivity index (χ0n) is 7.17. The first-order valence-corrected chi connectivity index (χ1v) is 4.21. The van der Waals surface area contributed by atoms with Crippen LogP contribution < -0.4 is 0 Å². The number of rotatable bonds is 2. The van der Waals surface area contributed by atoms with Crippen molar-refractivity contribution in [3.63, 3.8) is 0 Å². The van der Waals surface area contributed by atoms with E-state index in [1.54, 1.807) is 0 Å². The molecule has 1 aromatic rings. The second-order valence-electron chi connectivity index (χ2n) is 3.26. The van der Waals surface area contributed by atoms with E-state index < -0.39 is 0 Å². The van der Waals surface area contributed by atoms with Crippen molar-refractivity contribution >= 4 is 0 Å². The van der Waals surface area contributed by atoms with Gasteiger partial charge < -0.3 is 0 Å². The van der Waals surface area contributed by atoms with E-state index in [9.17, 15) is 0 Å². The lowest BCUT2D eigenvalue weighted by atomic mass is 10.2. The van der Waals surface area contributed by atoms with Crippen LogP contribution in [0.3, 0.4) is 0 Å². The predicted molar refractivity (Wildman–Crippen MR) is 46.6 cm³/mol. The largest absolute Gasteiger partial charge is 0.256 e. The Hall–Kier alpha value is -1.23. The van der Waals surface area contributed by atoms with Crippen LogP contribution in [-0.4, -0.2) is 9.78 Å². The van der Waals surface area contributed by atoms with Crippen molar-refractivity contribution < 1.29 is 0 Å². The maximum absolute atomic E-state index is 5.23. The van der Waals surface area contributed by atoms with Gasteiger partial charge in [0.2, 0.25) is 0 Å². The van der Waals surface area contributed by atoms with Crippen molar-refractivity contribution in [1.29, 1.82) is 0 Å². The Morgan fingerprint density at radius 2 is 2.50 bits per heavy atom. The first-order valence-electron chi connectivity index (χ1n) is 4.21. The van der Waals surface area contributed by atoms with Gasteiger partial charge in [0.25, 0.3) is 0 Å². The molecule has 1 aromatic heterocycles. The zero-order chi connectivity index (χ0) is 8.55. The first kappa shape index (κ1) is 7.42. The summed E-state index contributed by atoms with van der Waals surface area (Å²) in [5, 5.41) is 4.12. The molecule has 61 valence electrons. The molecule has 1 aliphatic carbocycles. The van der Waals surface area contributed by atoms with Gasteiger partial charge in [-0.25, -0.2) is 0 Å². The molecular weight excluding hydrogens is 148 g/mol. The van der Waals surface area contributed by atoms with E-state index in [0.29, 0.717) is 12.5 Å². The summed E-state index contributed by atoms with van der Waals surface area (Å²) in [5.41, 5.74) is 2.46. The van der Waals surface area contributed by atoms with Gasteiger partial charge in [-0.3, -0.25) is 4.68 Å². The maximum atomic E-state index is 5.23. The molecule has 1 radical (unpaired) electrons. The van der Waals surface area contributed by atoms with E-state index in [2.05, 4.69) is 17.2 Å². The monoisotopic (exact) mass is 159 g/mol. The van der Waals surface area contributed by atoms with Gasteiger partial charge in [0, 0.05) is 17.2 Å². The Morgan fingerprint density at radius 1 is 1.75 bits per heavy atom. The van der Waals surface area contributed by atoms with Crippen molar-refractivity contribution in [2.75, 3.05) is 0 Å². The highest BCUT2D eigenvalue weighted by Crippen LogP contribution is 2.41.